The van der Waals surface area contributed by atoms with Gasteiger partial charge in [-0.15, -0.1) is 0 Å². The summed E-state index contributed by atoms with van der Waals surface area (Å²) in [5, 5.41) is 13.3. The molecule has 0 aliphatic heterocycles. The van der Waals surface area contributed by atoms with Crippen molar-refractivity contribution in [1.29, 1.82) is 0 Å². The molecule has 1 N–H and O–H groups in total. The van der Waals surface area contributed by atoms with Crippen LogP contribution in [0.4, 0.5) is 0 Å². The number of aliphatic hydroxyl groups excluding tert-OH is 1. The van der Waals surface area contributed by atoms with Crippen LogP contribution in [0.1, 0.15) is 46.1 Å². The van der Waals surface area contributed by atoms with Crippen molar-refractivity contribution in [1.82, 2.24) is 0 Å². The second kappa shape index (κ2) is 9.70. The number of carbonyl (C=O) groups is 2. The first-order valence-corrected chi connectivity index (χ1v) is 11.1. The molecule has 0 aliphatic carbocycles. The maximum absolute atomic E-state index is 13.1. The Morgan fingerprint density at radius 2 is 1.44 bits per heavy atom. The zero-order valence-corrected chi connectivity index (χ0v) is 19.3. The highest BCUT2D eigenvalue weighted by atomic mass is 16.5. The zero-order valence-electron chi connectivity index (χ0n) is 19.3. The lowest BCUT2D eigenvalue weighted by Gasteiger charge is -2.33. The lowest BCUT2D eigenvalue weighted by Crippen LogP contribution is -2.38. The fourth-order valence-corrected chi connectivity index (χ4v) is 4.30. The first kappa shape index (κ1) is 23.7. The van der Waals surface area contributed by atoms with E-state index in [2.05, 4.69) is 18.2 Å². The van der Waals surface area contributed by atoms with Crippen molar-refractivity contribution in [2.75, 3.05) is 13.2 Å². The van der Waals surface area contributed by atoms with Crippen molar-refractivity contribution in [3.8, 4) is 0 Å². The van der Waals surface area contributed by atoms with Crippen LogP contribution in [0, 0.1) is 10.8 Å². The molecule has 1 atom stereocenters. The maximum atomic E-state index is 13.1. The van der Waals surface area contributed by atoms with Gasteiger partial charge in [0.15, 0.2) is 0 Å². The molecule has 0 fully saturated rings. The number of benzene rings is 3. The molecule has 32 heavy (non-hydrogen) atoms. The highest BCUT2D eigenvalue weighted by molar-refractivity contribution is 6.02. The Bertz CT molecular complexity index is 1060. The Hall–Kier alpha value is -2.92. The monoisotopic (exact) mass is 436 g/mol. The largest absolute Gasteiger partial charge is 0.463 e. The summed E-state index contributed by atoms with van der Waals surface area (Å²) in [6, 6.07) is 18.3. The van der Waals surface area contributed by atoms with Crippen LogP contribution in [0.5, 0.6) is 0 Å². The number of hydrogen-bond acceptors (Lipinski definition) is 5. The van der Waals surface area contributed by atoms with Crippen LogP contribution in [0.25, 0.3) is 21.5 Å². The van der Waals surface area contributed by atoms with Crippen molar-refractivity contribution in [3.63, 3.8) is 0 Å². The summed E-state index contributed by atoms with van der Waals surface area (Å²) in [6.07, 6.45) is 0.803. The highest BCUT2D eigenvalue weighted by Gasteiger charge is 2.43. The minimum absolute atomic E-state index is 0.0482. The van der Waals surface area contributed by atoms with Gasteiger partial charge in [0.2, 0.25) is 0 Å². The predicted molar refractivity (Wildman–Crippen MR) is 126 cm³/mol. The lowest BCUT2D eigenvalue weighted by molar-refractivity contribution is -0.164. The number of esters is 2. The third kappa shape index (κ3) is 4.94. The number of carbonyl (C=O) groups excluding carboxylic acids is 2. The zero-order chi connectivity index (χ0) is 23.4. The number of rotatable bonds is 9. The van der Waals surface area contributed by atoms with E-state index in [4.69, 9.17) is 14.6 Å². The standard InChI is InChI=1S/C27H32O5/c1-5-27(4,25(30)31-15-14-28)18-26(2,3)24(29)32-17-23-21-12-8-6-10-19(21)16-20-11-7-9-13-22(20)23/h6-13,16,28H,5,14-15,17-18H2,1-4H3. The van der Waals surface area contributed by atoms with Crippen LogP contribution in [0.3, 0.4) is 0 Å². The molecule has 0 saturated heterocycles. The molecule has 1 unspecified atom stereocenters. The van der Waals surface area contributed by atoms with E-state index >= 15 is 0 Å². The van der Waals surface area contributed by atoms with E-state index in [-0.39, 0.29) is 32.2 Å². The number of ether oxygens (including phenoxy) is 2. The summed E-state index contributed by atoms with van der Waals surface area (Å²) in [7, 11) is 0. The molecule has 0 aromatic heterocycles. The average molecular weight is 437 g/mol. The predicted octanol–water partition coefficient (Wildman–Crippen LogP) is 5.40. The second-order valence-corrected chi connectivity index (χ2v) is 9.21. The molecule has 0 radical (unpaired) electrons. The van der Waals surface area contributed by atoms with Gasteiger partial charge in [0.1, 0.15) is 13.2 Å². The average Bonchev–Trinajstić information content (AvgIpc) is 2.79. The molecule has 0 saturated carbocycles. The van der Waals surface area contributed by atoms with E-state index in [0.717, 1.165) is 27.1 Å². The molecular weight excluding hydrogens is 404 g/mol. The van der Waals surface area contributed by atoms with Gasteiger partial charge < -0.3 is 14.6 Å². The van der Waals surface area contributed by atoms with Crippen LogP contribution < -0.4 is 0 Å². The molecule has 0 spiro atoms. The molecule has 3 rings (SSSR count). The van der Waals surface area contributed by atoms with Gasteiger partial charge in [-0.05, 0) is 61.2 Å². The topological polar surface area (TPSA) is 72.8 Å². The van der Waals surface area contributed by atoms with Gasteiger partial charge in [-0.1, -0.05) is 55.5 Å². The van der Waals surface area contributed by atoms with Crippen molar-refractivity contribution >= 4 is 33.5 Å². The minimum Gasteiger partial charge on any atom is -0.463 e. The van der Waals surface area contributed by atoms with Gasteiger partial charge in [0.25, 0.3) is 0 Å². The molecule has 0 aliphatic rings. The number of fused-ring (bicyclic) bond motifs is 2. The smallest absolute Gasteiger partial charge is 0.311 e. The van der Waals surface area contributed by atoms with Crippen molar-refractivity contribution in [3.05, 3.63) is 60.2 Å². The van der Waals surface area contributed by atoms with E-state index in [0.29, 0.717) is 6.42 Å². The Balaban J connectivity index is 1.82. The van der Waals surface area contributed by atoms with Gasteiger partial charge in [0, 0.05) is 5.56 Å². The molecule has 3 aromatic carbocycles. The van der Waals surface area contributed by atoms with E-state index < -0.39 is 16.8 Å². The fourth-order valence-electron chi connectivity index (χ4n) is 4.30. The molecular formula is C27H32O5. The Morgan fingerprint density at radius 1 is 0.875 bits per heavy atom. The Kier molecular flexibility index (Phi) is 7.19. The number of aliphatic hydroxyl groups is 1. The van der Waals surface area contributed by atoms with Crippen molar-refractivity contribution < 1.29 is 24.2 Å². The van der Waals surface area contributed by atoms with Gasteiger partial charge in [0.05, 0.1) is 17.4 Å². The van der Waals surface area contributed by atoms with Crippen molar-refractivity contribution in [2.24, 2.45) is 10.8 Å². The summed E-state index contributed by atoms with van der Waals surface area (Å²) in [4.78, 5) is 25.7. The molecule has 0 bridgehead atoms. The van der Waals surface area contributed by atoms with Crippen LogP contribution >= 0.6 is 0 Å². The maximum Gasteiger partial charge on any atom is 0.311 e. The van der Waals surface area contributed by atoms with E-state index in [1.807, 2.05) is 43.3 Å². The molecule has 0 heterocycles. The quantitative estimate of drug-likeness (QED) is 0.359. The Labute approximate surface area is 189 Å². The van der Waals surface area contributed by atoms with E-state index in [9.17, 15) is 9.59 Å². The normalized spacial score (nSPS) is 13.7. The lowest BCUT2D eigenvalue weighted by atomic mass is 9.72. The molecule has 5 heteroatoms. The summed E-state index contributed by atoms with van der Waals surface area (Å²) < 4.78 is 11.0. The summed E-state index contributed by atoms with van der Waals surface area (Å²) >= 11 is 0. The summed E-state index contributed by atoms with van der Waals surface area (Å²) in [5.41, 5.74) is -0.754. The molecule has 0 amide bonds. The molecule has 170 valence electrons. The molecule has 3 aromatic rings. The van der Waals surface area contributed by atoms with Crippen LogP contribution in [0.2, 0.25) is 0 Å². The van der Waals surface area contributed by atoms with Gasteiger partial charge >= 0.3 is 11.9 Å². The van der Waals surface area contributed by atoms with Crippen molar-refractivity contribution in [2.45, 2.75) is 47.1 Å². The summed E-state index contributed by atoms with van der Waals surface area (Å²) in [6.45, 7) is 7.16. The fraction of sp³-hybridized carbons (Fsp3) is 0.407. The first-order chi connectivity index (χ1) is 15.2. The second-order valence-electron chi connectivity index (χ2n) is 9.21. The molecule has 5 nitrogen and oxygen atoms in total. The van der Waals surface area contributed by atoms with E-state index in [1.54, 1.807) is 20.8 Å². The number of hydrogen-bond donors (Lipinski definition) is 1. The third-order valence-corrected chi connectivity index (χ3v) is 6.21. The highest BCUT2D eigenvalue weighted by Crippen LogP contribution is 2.39. The summed E-state index contributed by atoms with van der Waals surface area (Å²) in [5.74, 6) is -0.765. The van der Waals surface area contributed by atoms with Crippen LogP contribution in [-0.4, -0.2) is 30.3 Å². The van der Waals surface area contributed by atoms with Gasteiger partial charge in [-0.2, -0.15) is 0 Å². The first-order valence-electron chi connectivity index (χ1n) is 11.1. The minimum atomic E-state index is -0.886. The van der Waals surface area contributed by atoms with Crippen LogP contribution in [-0.2, 0) is 25.7 Å². The van der Waals surface area contributed by atoms with Gasteiger partial charge in [-0.25, -0.2) is 0 Å². The van der Waals surface area contributed by atoms with Gasteiger partial charge in [-0.3, -0.25) is 9.59 Å². The van der Waals surface area contributed by atoms with Crippen LogP contribution in [0.15, 0.2) is 54.6 Å². The SMILES string of the molecule is CCC(C)(CC(C)(C)C(=O)OCc1c2ccccc2cc2ccccc12)C(=O)OCCO. The van der Waals surface area contributed by atoms with E-state index in [1.165, 1.54) is 0 Å². The third-order valence-electron chi connectivity index (χ3n) is 6.21. The Morgan fingerprint density at radius 3 is 1.97 bits per heavy atom.